The van der Waals surface area contributed by atoms with Gasteiger partial charge in [-0.2, -0.15) is 5.26 Å². The molecule has 3 rings (SSSR count). The van der Waals surface area contributed by atoms with E-state index in [9.17, 15) is 4.79 Å². The van der Waals surface area contributed by atoms with E-state index < -0.39 is 0 Å². The first-order chi connectivity index (χ1) is 14.5. The van der Waals surface area contributed by atoms with Crippen molar-refractivity contribution in [2.24, 2.45) is 5.92 Å². The number of nitrogens with zero attached hydrogens (tertiary/aromatic N) is 3. The summed E-state index contributed by atoms with van der Waals surface area (Å²) in [5.41, 5.74) is 2.37. The van der Waals surface area contributed by atoms with Crippen LogP contribution in [0.1, 0.15) is 56.9 Å². The Kier molecular flexibility index (Phi) is 8.84. The highest BCUT2D eigenvalue weighted by molar-refractivity contribution is 6.31. The smallest absolute Gasteiger partial charge is 0.220 e. The van der Waals surface area contributed by atoms with Gasteiger partial charge in [0.15, 0.2) is 0 Å². The number of benzene rings is 1. The number of halogens is 1. The first-order valence-corrected chi connectivity index (χ1v) is 11.8. The summed E-state index contributed by atoms with van der Waals surface area (Å²) >= 11 is 6.29. The Morgan fingerprint density at radius 1 is 1.20 bits per heavy atom. The van der Waals surface area contributed by atoms with E-state index in [4.69, 9.17) is 16.9 Å². The highest BCUT2D eigenvalue weighted by Crippen LogP contribution is 2.28. The van der Waals surface area contributed by atoms with Gasteiger partial charge in [0.05, 0.1) is 6.07 Å². The second-order valence-electron chi connectivity index (χ2n) is 8.85. The fourth-order valence-corrected chi connectivity index (χ4v) is 4.77. The lowest BCUT2D eigenvalue weighted by Crippen LogP contribution is -2.47. The summed E-state index contributed by atoms with van der Waals surface area (Å²) < 4.78 is 0. The Morgan fingerprint density at radius 2 is 1.93 bits per heavy atom. The van der Waals surface area contributed by atoms with Crippen LogP contribution >= 0.6 is 11.6 Å². The average molecular weight is 431 g/mol. The Labute approximate surface area is 186 Å². The number of hydrogen-bond acceptors (Lipinski definition) is 4. The van der Waals surface area contributed by atoms with Crippen LogP contribution < -0.4 is 10.2 Å². The number of nitriles is 1. The molecule has 0 spiro atoms. The van der Waals surface area contributed by atoms with E-state index in [-0.39, 0.29) is 5.91 Å². The maximum absolute atomic E-state index is 11.9. The molecule has 1 heterocycles. The molecule has 2 fully saturated rings. The van der Waals surface area contributed by atoms with Crippen LogP contribution in [0.4, 0.5) is 5.69 Å². The molecule has 164 valence electrons. The van der Waals surface area contributed by atoms with Gasteiger partial charge in [0.2, 0.25) is 5.91 Å². The molecule has 0 atom stereocenters. The summed E-state index contributed by atoms with van der Waals surface area (Å²) in [6, 6.07) is 8.81. The van der Waals surface area contributed by atoms with Crippen molar-refractivity contribution in [3.8, 4) is 6.07 Å². The van der Waals surface area contributed by atoms with E-state index >= 15 is 0 Å². The minimum Gasteiger partial charge on any atom is -0.369 e. The number of aryl methyl sites for hydroxylation is 1. The molecule has 1 aromatic carbocycles. The summed E-state index contributed by atoms with van der Waals surface area (Å²) in [5.74, 6) is 0.895. The van der Waals surface area contributed by atoms with E-state index in [2.05, 4.69) is 39.4 Å². The van der Waals surface area contributed by atoms with Crippen LogP contribution in [-0.2, 0) is 4.79 Å². The van der Waals surface area contributed by atoms with Gasteiger partial charge in [-0.3, -0.25) is 9.69 Å². The maximum atomic E-state index is 11.9. The second kappa shape index (κ2) is 11.6. The van der Waals surface area contributed by atoms with Crippen LogP contribution in [0.2, 0.25) is 5.02 Å². The molecule has 1 aliphatic heterocycles. The molecule has 6 heteroatoms. The molecule has 1 N–H and O–H groups in total. The van der Waals surface area contributed by atoms with Crippen molar-refractivity contribution in [2.45, 2.75) is 64.3 Å². The lowest BCUT2D eigenvalue weighted by Gasteiger charge is -2.37. The van der Waals surface area contributed by atoms with E-state index in [1.54, 1.807) is 0 Å². The van der Waals surface area contributed by atoms with Gasteiger partial charge in [-0.1, -0.05) is 17.7 Å². The van der Waals surface area contributed by atoms with Crippen molar-refractivity contribution in [2.75, 3.05) is 37.6 Å². The van der Waals surface area contributed by atoms with E-state index in [1.807, 2.05) is 6.92 Å². The number of carbonyl (C=O) groups excluding carboxylic acids is 1. The minimum atomic E-state index is 0.112. The molecule has 1 aliphatic carbocycles. The first kappa shape index (κ1) is 22.9. The third kappa shape index (κ3) is 6.89. The summed E-state index contributed by atoms with van der Waals surface area (Å²) in [6.45, 7) is 7.56. The Balaban J connectivity index is 1.30. The fraction of sp³-hybridized carbons (Fsp3) is 0.667. The number of amides is 1. The predicted octanol–water partition coefficient (Wildman–Crippen LogP) is 4.53. The molecular formula is C24H35ClN4O. The largest absolute Gasteiger partial charge is 0.369 e. The van der Waals surface area contributed by atoms with E-state index in [0.29, 0.717) is 25.3 Å². The van der Waals surface area contributed by atoms with Gasteiger partial charge < -0.3 is 10.2 Å². The number of unbranched alkanes of at least 4 members (excludes halogenated alkanes) is 1. The van der Waals surface area contributed by atoms with Gasteiger partial charge in [-0.25, -0.2) is 0 Å². The van der Waals surface area contributed by atoms with E-state index in [0.717, 1.165) is 55.5 Å². The molecule has 5 nitrogen and oxygen atoms in total. The summed E-state index contributed by atoms with van der Waals surface area (Å²) in [5, 5.41) is 12.6. The van der Waals surface area contributed by atoms with Gasteiger partial charge >= 0.3 is 0 Å². The molecule has 1 saturated carbocycles. The Morgan fingerprint density at radius 3 is 2.60 bits per heavy atom. The van der Waals surface area contributed by atoms with Gasteiger partial charge in [0, 0.05) is 55.8 Å². The predicted molar refractivity (Wildman–Crippen MR) is 123 cm³/mol. The highest BCUT2D eigenvalue weighted by Gasteiger charge is 2.24. The monoisotopic (exact) mass is 430 g/mol. The topological polar surface area (TPSA) is 59.4 Å². The molecule has 0 bridgehead atoms. The van der Waals surface area contributed by atoms with Crippen LogP contribution in [0.5, 0.6) is 0 Å². The quantitative estimate of drug-likeness (QED) is 0.615. The normalized spacial score (nSPS) is 22.5. The molecule has 0 unspecified atom stereocenters. The molecule has 30 heavy (non-hydrogen) atoms. The van der Waals surface area contributed by atoms with Crippen LogP contribution in [0.3, 0.4) is 0 Å². The first-order valence-electron chi connectivity index (χ1n) is 11.4. The van der Waals surface area contributed by atoms with E-state index in [1.165, 1.54) is 31.5 Å². The lowest BCUT2D eigenvalue weighted by molar-refractivity contribution is -0.122. The van der Waals surface area contributed by atoms with Crippen molar-refractivity contribution >= 4 is 23.2 Å². The van der Waals surface area contributed by atoms with Gasteiger partial charge in [0.25, 0.3) is 0 Å². The molecule has 1 aromatic rings. The molecule has 0 aromatic heterocycles. The third-order valence-electron chi connectivity index (χ3n) is 6.65. The fourth-order valence-electron chi connectivity index (χ4n) is 4.60. The zero-order valence-electron chi connectivity index (χ0n) is 18.2. The molecule has 1 saturated heterocycles. The third-order valence-corrected chi connectivity index (χ3v) is 7.06. The Bertz CT molecular complexity index is 731. The highest BCUT2D eigenvalue weighted by atomic mass is 35.5. The van der Waals surface area contributed by atoms with Crippen molar-refractivity contribution < 1.29 is 4.79 Å². The molecule has 0 radical (unpaired) electrons. The zero-order valence-corrected chi connectivity index (χ0v) is 19.0. The van der Waals surface area contributed by atoms with Crippen LogP contribution in [-0.4, -0.2) is 49.6 Å². The average Bonchev–Trinajstić information content (AvgIpc) is 2.76. The zero-order chi connectivity index (χ0) is 21.3. The number of anilines is 1. The maximum Gasteiger partial charge on any atom is 0.220 e. The number of hydrogen-bond donors (Lipinski definition) is 1. The number of carbonyl (C=O) groups is 1. The Hall–Kier alpha value is -1.77. The number of rotatable bonds is 8. The van der Waals surface area contributed by atoms with Gasteiger partial charge in [-0.05, 0) is 75.6 Å². The van der Waals surface area contributed by atoms with Gasteiger partial charge in [-0.15, -0.1) is 0 Å². The number of nitrogens with one attached hydrogen (secondary N) is 1. The van der Waals surface area contributed by atoms with Crippen LogP contribution in [0.15, 0.2) is 18.2 Å². The summed E-state index contributed by atoms with van der Waals surface area (Å²) in [6.07, 6.45) is 7.49. The summed E-state index contributed by atoms with van der Waals surface area (Å²) in [4.78, 5) is 17.0. The van der Waals surface area contributed by atoms with Crippen molar-refractivity contribution in [1.82, 2.24) is 10.2 Å². The SMILES string of the molecule is Cc1ccc(N2CCN(CCC3CCC(NC(=O)CCCC#N)CC3)CC2)cc1Cl. The van der Waals surface area contributed by atoms with Crippen molar-refractivity contribution in [3.63, 3.8) is 0 Å². The standard InChI is InChI=1S/C24H35ClN4O/c1-19-5-10-22(18-23(19)25)29-16-14-28(15-17-29)13-11-20-6-8-21(9-7-20)27-24(30)4-2-3-12-26/h5,10,18,20-21H,2-4,6-9,11,13-17H2,1H3,(H,27,30). The molecular weight excluding hydrogens is 396 g/mol. The second-order valence-corrected chi connectivity index (χ2v) is 9.25. The molecule has 1 amide bonds. The number of piperazine rings is 1. The van der Waals surface area contributed by atoms with Crippen molar-refractivity contribution in [1.29, 1.82) is 5.26 Å². The minimum absolute atomic E-state index is 0.112. The summed E-state index contributed by atoms with van der Waals surface area (Å²) in [7, 11) is 0. The molecule has 2 aliphatic rings. The van der Waals surface area contributed by atoms with Crippen LogP contribution in [0.25, 0.3) is 0 Å². The van der Waals surface area contributed by atoms with Crippen LogP contribution in [0, 0.1) is 24.2 Å². The van der Waals surface area contributed by atoms with Gasteiger partial charge in [0.1, 0.15) is 0 Å². The van der Waals surface area contributed by atoms with Crippen molar-refractivity contribution in [3.05, 3.63) is 28.8 Å². The lowest BCUT2D eigenvalue weighted by atomic mass is 9.84.